The Morgan fingerprint density at radius 3 is 2.33 bits per heavy atom. The van der Waals surface area contributed by atoms with E-state index in [-0.39, 0.29) is 29.7 Å². The summed E-state index contributed by atoms with van der Waals surface area (Å²) < 4.78 is 27.7. The van der Waals surface area contributed by atoms with Gasteiger partial charge < -0.3 is 21.5 Å². The molecule has 5 N–H and O–H groups in total. The number of nitrogens with two attached hydrogens (primary N) is 1. The monoisotopic (exact) mass is 609 g/mol. The van der Waals surface area contributed by atoms with Crippen LogP contribution >= 0.6 is 0 Å². The molecule has 0 bridgehead atoms. The summed E-state index contributed by atoms with van der Waals surface area (Å²) in [5, 5.41) is 16.6. The number of aliphatic hydroxyl groups excluding tert-OH is 1. The average molecular weight is 610 g/mol. The molecule has 3 rings (SSSR count). The maximum atomic E-state index is 13.3. The van der Waals surface area contributed by atoms with Gasteiger partial charge in [-0.2, -0.15) is 4.31 Å². The van der Waals surface area contributed by atoms with Crippen LogP contribution in [0.4, 0.5) is 5.69 Å². The first-order valence-corrected chi connectivity index (χ1v) is 15.9. The highest BCUT2D eigenvalue weighted by molar-refractivity contribution is 7.89. The van der Waals surface area contributed by atoms with Crippen molar-refractivity contribution in [3.63, 3.8) is 0 Å². The molecule has 2 amide bonds. The van der Waals surface area contributed by atoms with E-state index in [1.54, 1.807) is 12.1 Å². The maximum absolute atomic E-state index is 13.3. The van der Waals surface area contributed by atoms with Crippen LogP contribution in [0.3, 0.4) is 0 Å². The number of carbonyl (C=O) groups excluding carboxylic acids is 2. The van der Waals surface area contributed by atoms with Crippen molar-refractivity contribution < 1.29 is 23.1 Å². The Labute approximate surface area is 254 Å². The van der Waals surface area contributed by atoms with Crippen LogP contribution in [0.5, 0.6) is 0 Å². The summed E-state index contributed by atoms with van der Waals surface area (Å²) in [6, 6.07) is 16.2. The summed E-state index contributed by atoms with van der Waals surface area (Å²) in [4.78, 5) is 30.4. The molecule has 0 radical (unpaired) electrons. The van der Waals surface area contributed by atoms with Gasteiger partial charge in [-0.1, -0.05) is 38.1 Å². The van der Waals surface area contributed by atoms with Crippen molar-refractivity contribution in [3.8, 4) is 0 Å². The van der Waals surface area contributed by atoms with E-state index in [4.69, 9.17) is 5.73 Å². The Kier molecular flexibility index (Phi) is 12.2. The molecule has 0 aliphatic carbocycles. The van der Waals surface area contributed by atoms with Crippen LogP contribution in [-0.4, -0.2) is 60.0 Å². The molecule has 1 unspecified atom stereocenters. The van der Waals surface area contributed by atoms with Crippen LogP contribution in [0, 0.1) is 19.8 Å². The normalized spacial score (nSPS) is 13.1. The highest BCUT2D eigenvalue weighted by Gasteiger charge is 2.31. The number of unbranched alkanes of at least 4 members (excludes halogenated alkanes) is 1. The largest absolute Gasteiger partial charge is 0.399 e. The zero-order valence-corrected chi connectivity index (χ0v) is 26.1. The Bertz CT molecular complexity index is 1460. The Morgan fingerprint density at radius 2 is 1.70 bits per heavy atom. The van der Waals surface area contributed by atoms with Gasteiger partial charge >= 0.3 is 0 Å². The summed E-state index contributed by atoms with van der Waals surface area (Å²) >= 11 is 0. The number of carbonyl (C=O) groups is 2. The van der Waals surface area contributed by atoms with Crippen molar-refractivity contribution in [2.75, 3.05) is 18.8 Å². The molecule has 43 heavy (non-hydrogen) atoms. The zero-order valence-electron chi connectivity index (χ0n) is 25.3. The maximum Gasteiger partial charge on any atom is 0.253 e. The second-order valence-corrected chi connectivity index (χ2v) is 13.0. The smallest absolute Gasteiger partial charge is 0.253 e. The topological polar surface area (TPSA) is 155 Å². The molecule has 0 fully saturated rings. The van der Waals surface area contributed by atoms with E-state index in [9.17, 15) is 23.1 Å². The predicted octanol–water partition coefficient (Wildman–Crippen LogP) is 3.57. The van der Waals surface area contributed by atoms with Gasteiger partial charge in [-0.25, -0.2) is 8.42 Å². The van der Waals surface area contributed by atoms with Crippen molar-refractivity contribution in [3.05, 3.63) is 89.2 Å². The third kappa shape index (κ3) is 9.87. The number of aliphatic hydroxyl groups is 1. The second-order valence-electron chi connectivity index (χ2n) is 11.1. The molecule has 0 saturated carbocycles. The third-order valence-corrected chi connectivity index (χ3v) is 8.91. The average Bonchev–Trinajstić information content (AvgIpc) is 2.96. The number of aromatic nitrogens is 1. The molecule has 232 valence electrons. The number of amides is 2. The molecular weight excluding hydrogens is 566 g/mol. The number of aryl methyl sites for hydroxylation is 2. The fraction of sp³-hybridized carbons (Fsp3) is 0.406. The van der Waals surface area contributed by atoms with Gasteiger partial charge in [-0.05, 0) is 86.6 Å². The SMILES string of the molecule is Cc1ccc(C(=O)N[C@@H](Cc2ccccc2C)C(=O)NCCCCC(O)N(CC(C)C)S(=O)(=O)c2ccc(N)cc2)cn1. The summed E-state index contributed by atoms with van der Waals surface area (Å²) in [6.45, 7) is 8.01. The van der Waals surface area contributed by atoms with E-state index in [1.165, 1.54) is 30.5 Å². The molecule has 1 heterocycles. The lowest BCUT2D eigenvalue weighted by atomic mass is 10.00. The second kappa shape index (κ2) is 15.6. The lowest BCUT2D eigenvalue weighted by molar-refractivity contribution is -0.122. The quantitative estimate of drug-likeness (QED) is 0.117. The highest BCUT2D eigenvalue weighted by Crippen LogP contribution is 2.22. The van der Waals surface area contributed by atoms with Crippen molar-refractivity contribution in [2.24, 2.45) is 5.92 Å². The van der Waals surface area contributed by atoms with E-state index in [2.05, 4.69) is 15.6 Å². The molecule has 0 aliphatic heterocycles. The molecule has 0 aliphatic rings. The number of rotatable bonds is 15. The molecule has 1 aromatic heterocycles. The minimum Gasteiger partial charge on any atom is -0.399 e. The van der Waals surface area contributed by atoms with Gasteiger partial charge in [0.05, 0.1) is 10.5 Å². The van der Waals surface area contributed by atoms with Crippen LogP contribution in [0.25, 0.3) is 0 Å². The van der Waals surface area contributed by atoms with E-state index < -0.39 is 28.2 Å². The van der Waals surface area contributed by atoms with Gasteiger partial charge in [0.2, 0.25) is 15.9 Å². The number of sulfonamides is 1. The lowest BCUT2D eigenvalue weighted by Gasteiger charge is -2.29. The van der Waals surface area contributed by atoms with Gasteiger partial charge in [0, 0.05) is 37.1 Å². The van der Waals surface area contributed by atoms with Gasteiger partial charge in [0.25, 0.3) is 5.91 Å². The summed E-state index contributed by atoms with van der Waals surface area (Å²) in [5.74, 6) is -0.727. The van der Waals surface area contributed by atoms with E-state index >= 15 is 0 Å². The van der Waals surface area contributed by atoms with Crippen molar-refractivity contribution in [2.45, 2.75) is 70.5 Å². The van der Waals surface area contributed by atoms with E-state index in [0.29, 0.717) is 37.1 Å². The predicted molar refractivity (Wildman–Crippen MR) is 168 cm³/mol. The molecule has 2 atom stereocenters. The number of anilines is 1. The number of nitrogens with one attached hydrogen (secondary N) is 2. The lowest BCUT2D eigenvalue weighted by Crippen LogP contribution is -2.48. The van der Waals surface area contributed by atoms with Crippen molar-refractivity contribution >= 4 is 27.5 Å². The number of nitrogens with zero attached hydrogens (tertiary/aromatic N) is 2. The minimum absolute atomic E-state index is 0.00594. The third-order valence-electron chi connectivity index (χ3n) is 7.03. The Morgan fingerprint density at radius 1 is 1.00 bits per heavy atom. The van der Waals surface area contributed by atoms with E-state index in [0.717, 1.165) is 21.1 Å². The van der Waals surface area contributed by atoms with Crippen molar-refractivity contribution in [1.29, 1.82) is 0 Å². The molecule has 0 saturated heterocycles. The number of hydrogen-bond acceptors (Lipinski definition) is 7. The standard InChI is InChI=1S/C32H43N5O5S/c1-22(2)21-37(43(41,42)28-16-14-27(33)15-17-28)30(38)11-7-8-18-34-32(40)29(19-25-10-6-5-9-23(25)3)36-31(39)26-13-12-24(4)35-20-26/h5-6,9-10,12-17,20,22,29-30,38H,7-8,11,18-19,21,33H2,1-4H3,(H,34,40)(H,36,39)/t29-,30?/m0/s1. The van der Waals surface area contributed by atoms with Crippen LogP contribution in [0.2, 0.25) is 0 Å². The Balaban J connectivity index is 1.60. The first-order valence-electron chi connectivity index (χ1n) is 14.5. The van der Waals surface area contributed by atoms with Gasteiger partial charge in [-0.3, -0.25) is 14.6 Å². The molecule has 10 nitrogen and oxygen atoms in total. The number of benzene rings is 2. The number of nitrogen functional groups attached to an aromatic ring is 1. The summed E-state index contributed by atoms with van der Waals surface area (Å²) in [7, 11) is -3.94. The van der Waals surface area contributed by atoms with Gasteiger partial charge in [-0.15, -0.1) is 0 Å². The highest BCUT2D eigenvalue weighted by atomic mass is 32.2. The number of pyridine rings is 1. The van der Waals surface area contributed by atoms with E-state index in [1.807, 2.05) is 52.0 Å². The first kappa shape index (κ1) is 33.7. The molecule has 0 spiro atoms. The first-order chi connectivity index (χ1) is 20.4. The summed E-state index contributed by atoms with van der Waals surface area (Å²) in [6.07, 6.45) is 1.74. The molecule has 11 heteroatoms. The van der Waals surface area contributed by atoms with Crippen LogP contribution in [0.1, 0.15) is 60.3 Å². The molecule has 3 aromatic rings. The van der Waals surface area contributed by atoms with Crippen LogP contribution in [-0.2, 0) is 21.2 Å². The van der Waals surface area contributed by atoms with Crippen LogP contribution < -0.4 is 16.4 Å². The van der Waals surface area contributed by atoms with Gasteiger partial charge in [0.15, 0.2) is 0 Å². The zero-order chi connectivity index (χ0) is 31.6. The molecule has 2 aromatic carbocycles. The fourth-order valence-electron chi connectivity index (χ4n) is 4.56. The van der Waals surface area contributed by atoms with Crippen molar-refractivity contribution in [1.82, 2.24) is 19.9 Å². The fourth-order valence-corrected chi connectivity index (χ4v) is 6.23. The Hall–Kier alpha value is -3.80. The number of hydrogen-bond donors (Lipinski definition) is 4. The van der Waals surface area contributed by atoms with Crippen LogP contribution in [0.15, 0.2) is 71.8 Å². The molecular formula is C32H43N5O5S. The van der Waals surface area contributed by atoms with Gasteiger partial charge in [0.1, 0.15) is 12.3 Å². The minimum atomic E-state index is -3.94. The summed E-state index contributed by atoms with van der Waals surface area (Å²) in [5.41, 5.74) is 9.26.